The lowest BCUT2D eigenvalue weighted by Crippen LogP contribution is -2.66. The fourth-order valence-electron chi connectivity index (χ4n) is 5.43. The Morgan fingerprint density at radius 1 is 1.14 bits per heavy atom. The molecule has 2 fully saturated rings. The van der Waals surface area contributed by atoms with Crippen LogP contribution in [0.1, 0.15) is 80.3 Å². The van der Waals surface area contributed by atoms with Crippen molar-refractivity contribution in [2.75, 3.05) is 12.4 Å². The van der Waals surface area contributed by atoms with Crippen LogP contribution in [-0.2, 0) is 15.2 Å². The average Bonchev–Trinajstić information content (AvgIpc) is 3.43. The van der Waals surface area contributed by atoms with Crippen molar-refractivity contribution in [3.8, 4) is 6.07 Å². The average molecular weight is 479 g/mol. The zero-order chi connectivity index (χ0) is 24.7. The van der Waals surface area contributed by atoms with Crippen molar-refractivity contribution in [1.29, 1.82) is 5.26 Å². The van der Waals surface area contributed by atoms with Crippen LogP contribution in [0.15, 0.2) is 36.8 Å². The molecule has 1 amide bonds. The molecule has 35 heavy (non-hydrogen) atoms. The van der Waals surface area contributed by atoms with Crippen LogP contribution in [0.3, 0.4) is 0 Å². The van der Waals surface area contributed by atoms with Crippen molar-refractivity contribution in [2.24, 2.45) is 5.92 Å². The third-order valence-electron chi connectivity index (χ3n) is 7.37. The summed E-state index contributed by atoms with van der Waals surface area (Å²) in [6.07, 6.45) is 14.4. The van der Waals surface area contributed by atoms with Gasteiger partial charge in [-0.05, 0) is 43.7 Å². The van der Waals surface area contributed by atoms with Gasteiger partial charge in [-0.15, -0.1) is 0 Å². The number of imidazole rings is 1. The lowest BCUT2D eigenvalue weighted by atomic mass is 9.79. The number of methoxy groups -OCH3 is 1. The Balaban J connectivity index is 1.52. The molecule has 9 heteroatoms. The molecule has 4 rings (SSSR count). The first-order valence-corrected chi connectivity index (χ1v) is 12.5. The molecule has 1 saturated heterocycles. The largest absolute Gasteiger partial charge is 0.465 e. The van der Waals surface area contributed by atoms with Crippen LogP contribution in [0.2, 0.25) is 0 Å². The van der Waals surface area contributed by atoms with Gasteiger partial charge in [-0.3, -0.25) is 4.79 Å². The van der Waals surface area contributed by atoms with Gasteiger partial charge in [0.2, 0.25) is 5.91 Å². The molecule has 1 aliphatic carbocycles. The summed E-state index contributed by atoms with van der Waals surface area (Å²) in [6, 6.07) is 8.46. The molecule has 1 aliphatic heterocycles. The van der Waals surface area contributed by atoms with E-state index in [9.17, 15) is 14.9 Å². The highest BCUT2D eigenvalue weighted by atomic mass is 16.5. The number of para-hydroxylation sites is 1. The van der Waals surface area contributed by atoms with Crippen LogP contribution in [-0.4, -0.2) is 34.6 Å². The van der Waals surface area contributed by atoms with E-state index in [-0.39, 0.29) is 5.91 Å². The monoisotopic (exact) mass is 478 g/mol. The zero-order valence-electron chi connectivity index (χ0n) is 20.3. The molecule has 9 nitrogen and oxygen atoms in total. The second-order valence-corrected chi connectivity index (χ2v) is 9.48. The smallest absolute Gasteiger partial charge is 0.339 e. The van der Waals surface area contributed by atoms with Gasteiger partial charge in [0.25, 0.3) is 0 Å². The fraction of sp³-hybridized carbons (Fsp3) is 0.538. The van der Waals surface area contributed by atoms with Crippen molar-refractivity contribution in [1.82, 2.24) is 20.4 Å². The summed E-state index contributed by atoms with van der Waals surface area (Å²) in [4.78, 5) is 29.5. The van der Waals surface area contributed by atoms with E-state index in [1.807, 2.05) is 4.57 Å². The van der Waals surface area contributed by atoms with E-state index >= 15 is 0 Å². The first kappa shape index (κ1) is 24.9. The molecule has 1 aromatic carbocycles. The number of carbonyl (C=O) groups excluding carboxylic acids is 2. The predicted octanol–water partition coefficient (Wildman–Crippen LogP) is 3.84. The highest BCUT2D eigenvalue weighted by Crippen LogP contribution is 2.39. The van der Waals surface area contributed by atoms with E-state index in [2.05, 4.69) is 27.2 Å². The van der Waals surface area contributed by atoms with E-state index < -0.39 is 17.7 Å². The number of esters is 1. The summed E-state index contributed by atoms with van der Waals surface area (Å²) in [5, 5.41) is 12.2. The molecule has 0 bridgehead atoms. The van der Waals surface area contributed by atoms with Crippen LogP contribution >= 0.6 is 0 Å². The number of nitrogens with one attached hydrogen (secondary N) is 3. The Kier molecular flexibility index (Phi) is 8.16. The minimum Gasteiger partial charge on any atom is -0.465 e. The van der Waals surface area contributed by atoms with Crippen LogP contribution in [0.25, 0.3) is 0 Å². The Bertz CT molecular complexity index is 1060. The van der Waals surface area contributed by atoms with Crippen LogP contribution in [0.5, 0.6) is 0 Å². The molecule has 1 saturated carbocycles. The molecule has 2 aromatic rings. The van der Waals surface area contributed by atoms with Crippen LogP contribution in [0, 0.1) is 17.2 Å². The maximum absolute atomic E-state index is 13.1. The van der Waals surface area contributed by atoms with Gasteiger partial charge in [0, 0.05) is 6.20 Å². The number of nitriles is 1. The van der Waals surface area contributed by atoms with Gasteiger partial charge in [-0.1, -0.05) is 50.7 Å². The van der Waals surface area contributed by atoms with Gasteiger partial charge in [-0.25, -0.2) is 20.6 Å². The topological polar surface area (TPSA) is 121 Å². The number of ether oxygens (including phenoxy) is 1. The maximum Gasteiger partial charge on any atom is 0.339 e. The first-order valence-electron chi connectivity index (χ1n) is 12.5. The minimum atomic E-state index is -0.497. The van der Waals surface area contributed by atoms with Crippen molar-refractivity contribution in [3.63, 3.8) is 0 Å². The molecule has 2 aliphatic rings. The van der Waals surface area contributed by atoms with E-state index in [0.717, 1.165) is 12.8 Å². The number of nitrogens with zero attached hydrogens (tertiary/aromatic N) is 3. The van der Waals surface area contributed by atoms with Gasteiger partial charge < -0.3 is 14.6 Å². The Morgan fingerprint density at radius 2 is 1.86 bits per heavy atom. The maximum atomic E-state index is 13.1. The number of rotatable bonds is 5. The highest BCUT2D eigenvalue weighted by Gasteiger charge is 2.44. The Morgan fingerprint density at radius 3 is 2.49 bits per heavy atom. The molecule has 1 aromatic heterocycles. The highest BCUT2D eigenvalue weighted by molar-refractivity contribution is 6.02. The molecule has 3 N–H and O–H groups in total. The summed E-state index contributed by atoms with van der Waals surface area (Å²) in [7, 11) is 1.32. The third-order valence-corrected chi connectivity index (χ3v) is 7.37. The number of hydrogen-bond acceptors (Lipinski definition) is 7. The van der Waals surface area contributed by atoms with Gasteiger partial charge >= 0.3 is 5.97 Å². The number of carbonyl (C=O) groups is 2. The number of aromatic nitrogens is 2. The molecule has 2 heterocycles. The molecular weight excluding hydrogens is 444 g/mol. The van der Waals surface area contributed by atoms with Crippen molar-refractivity contribution >= 4 is 17.6 Å². The molecular formula is C26H34N6O3. The summed E-state index contributed by atoms with van der Waals surface area (Å²) >= 11 is 0. The molecule has 2 unspecified atom stereocenters. The standard InChI is InChI=1S/C26H34N6O3/c1-35-25(34)21-12-8-9-13-22(21)29-24(33)23-14-15-26(31-30-23,32-17-20(16-27)28-18-32)19-10-6-4-2-3-5-7-11-19/h8-9,12-13,17-19,23,30-31H,2-7,10-11,14-15H2,1H3,(H,29,33). The summed E-state index contributed by atoms with van der Waals surface area (Å²) < 4.78 is 6.87. The molecule has 186 valence electrons. The van der Waals surface area contributed by atoms with Gasteiger partial charge in [0.15, 0.2) is 5.69 Å². The van der Waals surface area contributed by atoms with Crippen molar-refractivity contribution < 1.29 is 14.3 Å². The minimum absolute atomic E-state index is 0.222. The van der Waals surface area contributed by atoms with Gasteiger partial charge in [0.05, 0.1) is 24.7 Å². The van der Waals surface area contributed by atoms with E-state index in [0.29, 0.717) is 35.7 Å². The normalized spacial score (nSPS) is 23.8. The number of anilines is 1. The fourth-order valence-corrected chi connectivity index (χ4v) is 5.43. The number of hydrogen-bond donors (Lipinski definition) is 3. The second-order valence-electron chi connectivity index (χ2n) is 9.48. The molecule has 2 atom stereocenters. The Labute approximate surface area is 206 Å². The summed E-state index contributed by atoms with van der Waals surface area (Å²) in [6.45, 7) is 0. The summed E-state index contributed by atoms with van der Waals surface area (Å²) in [5.74, 6) is -0.374. The van der Waals surface area contributed by atoms with Gasteiger partial charge in [0.1, 0.15) is 17.8 Å². The third kappa shape index (κ3) is 5.55. The van der Waals surface area contributed by atoms with Crippen molar-refractivity contribution in [2.45, 2.75) is 75.9 Å². The quantitative estimate of drug-likeness (QED) is 0.558. The molecule has 0 spiro atoms. The zero-order valence-corrected chi connectivity index (χ0v) is 20.3. The van der Waals surface area contributed by atoms with E-state index in [1.165, 1.54) is 45.6 Å². The first-order chi connectivity index (χ1) is 17.1. The number of amides is 1. The lowest BCUT2D eigenvalue weighted by Gasteiger charge is -2.47. The van der Waals surface area contributed by atoms with E-state index in [1.54, 1.807) is 36.8 Å². The van der Waals surface area contributed by atoms with Crippen LogP contribution < -0.4 is 16.2 Å². The van der Waals surface area contributed by atoms with Crippen molar-refractivity contribution in [3.05, 3.63) is 48.0 Å². The van der Waals surface area contributed by atoms with Gasteiger partial charge in [-0.2, -0.15) is 5.26 Å². The number of benzene rings is 1. The molecule has 0 radical (unpaired) electrons. The predicted molar refractivity (Wildman–Crippen MR) is 131 cm³/mol. The number of hydrazine groups is 1. The van der Waals surface area contributed by atoms with E-state index in [4.69, 9.17) is 4.74 Å². The second kappa shape index (κ2) is 11.5. The SMILES string of the molecule is COC(=O)c1ccccc1NC(=O)C1CCC(C2CCCCCCCC2)(n2cnc(C#N)c2)NN1. The summed E-state index contributed by atoms with van der Waals surface area (Å²) in [5.41, 5.74) is 7.41. The van der Waals surface area contributed by atoms with Crippen LogP contribution in [0.4, 0.5) is 5.69 Å². The Hall–Kier alpha value is -3.22. The lowest BCUT2D eigenvalue weighted by molar-refractivity contribution is -0.120.